The van der Waals surface area contributed by atoms with Gasteiger partial charge in [-0.2, -0.15) is 0 Å². The molecule has 0 atom stereocenters. The molecule has 17 heteroatoms. The molecule has 0 unspecified atom stereocenters. The molecule has 274 valence electrons. The lowest BCUT2D eigenvalue weighted by molar-refractivity contribution is -0.134. The van der Waals surface area contributed by atoms with Gasteiger partial charge in [-0.3, -0.25) is 14.6 Å². The molecule has 0 bridgehead atoms. The van der Waals surface area contributed by atoms with Gasteiger partial charge in [0.1, 0.15) is 5.75 Å². The first-order valence-electron chi connectivity index (χ1n) is 15.0. The monoisotopic (exact) mass is 713 g/mol. The van der Waals surface area contributed by atoms with Crippen LogP contribution in [0, 0.1) is 0 Å². The van der Waals surface area contributed by atoms with Gasteiger partial charge in [-0.05, 0) is 30.3 Å². The van der Waals surface area contributed by atoms with Gasteiger partial charge in [-0.1, -0.05) is 11.2 Å². The van der Waals surface area contributed by atoms with E-state index in [1.165, 1.54) is 0 Å². The fourth-order valence-electron chi connectivity index (χ4n) is 4.52. The van der Waals surface area contributed by atoms with E-state index in [1.54, 1.807) is 58.8 Å². The Morgan fingerprint density at radius 1 is 0.667 bits per heavy atom. The summed E-state index contributed by atoms with van der Waals surface area (Å²) in [4.78, 5) is 55.6. The van der Waals surface area contributed by atoms with Crippen molar-refractivity contribution in [3.8, 4) is 23.0 Å². The first kappa shape index (κ1) is 41.0. The smallest absolute Gasteiger partial charge is 0.328 e. The number of hydrogen-bond acceptors (Lipinski definition) is 13. The molecule has 1 aromatic heterocycles. The Morgan fingerprint density at radius 2 is 1.16 bits per heavy atom. The number of carbonyl (C=O) groups is 5. The zero-order valence-corrected chi connectivity index (χ0v) is 28.3. The van der Waals surface area contributed by atoms with Crippen LogP contribution in [0.25, 0.3) is 0 Å². The minimum absolute atomic E-state index is 0.170. The van der Waals surface area contributed by atoms with Crippen LogP contribution in [0.1, 0.15) is 27.4 Å². The molecule has 0 amide bonds. The number of nitrogens with zero attached hydrogens (tertiary/aromatic N) is 3. The van der Waals surface area contributed by atoms with Crippen LogP contribution in [-0.4, -0.2) is 120 Å². The van der Waals surface area contributed by atoms with Gasteiger partial charge in [0.25, 0.3) is 0 Å². The Bertz CT molecular complexity index is 1620. The maximum atomic E-state index is 12.7. The normalized spacial score (nSPS) is 12.9. The summed E-state index contributed by atoms with van der Waals surface area (Å²) < 4.78 is 27.1. The second-order valence-corrected chi connectivity index (χ2v) is 10.3. The van der Waals surface area contributed by atoms with Gasteiger partial charge in [0, 0.05) is 74.2 Å². The predicted molar refractivity (Wildman–Crippen MR) is 178 cm³/mol. The van der Waals surface area contributed by atoms with Gasteiger partial charge in [0.2, 0.25) is 11.5 Å². The molecule has 2 aromatic carbocycles. The third-order valence-corrected chi connectivity index (χ3v) is 6.90. The van der Waals surface area contributed by atoms with Crippen LogP contribution in [0.2, 0.25) is 0 Å². The van der Waals surface area contributed by atoms with Crippen LogP contribution >= 0.6 is 0 Å². The van der Waals surface area contributed by atoms with E-state index >= 15 is 0 Å². The molecule has 1 aliphatic heterocycles. The van der Waals surface area contributed by atoms with Gasteiger partial charge in [-0.25, -0.2) is 19.2 Å². The third kappa shape index (κ3) is 14.1. The Kier molecular flexibility index (Phi) is 16.9. The zero-order chi connectivity index (χ0) is 37.9. The maximum Gasteiger partial charge on any atom is 0.328 e. The summed E-state index contributed by atoms with van der Waals surface area (Å²) in [6, 6.07) is 12.6. The quantitative estimate of drug-likeness (QED) is 0.139. The Hall–Kier alpha value is -6.20. The summed E-state index contributed by atoms with van der Waals surface area (Å²) in [5.74, 6) is -1.87. The molecule has 4 N–H and O–H groups in total. The number of rotatable bonds is 14. The minimum atomic E-state index is -1.26. The fraction of sp³-hybridized carbons (Fsp3) is 0.294. The van der Waals surface area contributed by atoms with Crippen LogP contribution in [0.3, 0.4) is 0 Å². The van der Waals surface area contributed by atoms with Crippen molar-refractivity contribution in [2.45, 2.75) is 13.1 Å². The van der Waals surface area contributed by atoms with Crippen molar-refractivity contribution >= 4 is 29.7 Å². The molecule has 1 saturated heterocycles. The summed E-state index contributed by atoms with van der Waals surface area (Å²) in [5, 5.41) is 35.2. The van der Waals surface area contributed by atoms with E-state index in [-0.39, 0.29) is 5.78 Å². The lowest BCUT2D eigenvalue weighted by Gasteiger charge is -2.34. The van der Waals surface area contributed by atoms with E-state index in [0.29, 0.717) is 70.9 Å². The molecule has 17 nitrogen and oxygen atoms in total. The molecule has 0 aliphatic carbocycles. The average molecular weight is 714 g/mol. The molecule has 0 saturated carbocycles. The number of aromatic nitrogens is 1. The Labute approximate surface area is 292 Å². The topological polar surface area (TPSA) is 236 Å². The van der Waals surface area contributed by atoms with Crippen LogP contribution in [-0.2, 0) is 32.3 Å². The number of benzene rings is 2. The zero-order valence-electron chi connectivity index (χ0n) is 28.3. The summed E-state index contributed by atoms with van der Waals surface area (Å²) >= 11 is 0. The number of hydrogen-bond donors (Lipinski definition) is 4. The van der Waals surface area contributed by atoms with Gasteiger partial charge >= 0.3 is 23.9 Å². The molecule has 1 aliphatic rings. The maximum absolute atomic E-state index is 12.7. The number of carbonyl (C=O) groups excluding carboxylic acids is 1. The van der Waals surface area contributed by atoms with Gasteiger partial charge in [0.05, 0.1) is 35.0 Å². The molecular weight excluding hydrogens is 674 g/mol. The highest BCUT2D eigenvalue weighted by atomic mass is 16.5. The molecule has 0 spiro atoms. The molecule has 1 fully saturated rings. The van der Waals surface area contributed by atoms with Crippen LogP contribution in [0.4, 0.5) is 0 Å². The summed E-state index contributed by atoms with van der Waals surface area (Å²) in [6.07, 6.45) is 2.23. The molecular formula is C34H39N3O14. The first-order chi connectivity index (χ1) is 24.3. The molecule has 51 heavy (non-hydrogen) atoms. The highest BCUT2D eigenvalue weighted by Crippen LogP contribution is 2.40. The van der Waals surface area contributed by atoms with Gasteiger partial charge < -0.3 is 43.9 Å². The first-order valence-corrected chi connectivity index (χ1v) is 15.0. The Balaban J connectivity index is 0.000000468. The van der Waals surface area contributed by atoms with Crippen molar-refractivity contribution in [1.82, 2.24) is 15.0 Å². The van der Waals surface area contributed by atoms with Crippen LogP contribution in [0.5, 0.6) is 23.0 Å². The largest absolute Gasteiger partial charge is 0.497 e. The summed E-state index contributed by atoms with van der Waals surface area (Å²) in [6.45, 7) is 4.89. The van der Waals surface area contributed by atoms with Crippen molar-refractivity contribution in [1.29, 1.82) is 0 Å². The van der Waals surface area contributed by atoms with E-state index in [2.05, 4.69) is 15.0 Å². The second-order valence-electron chi connectivity index (χ2n) is 10.3. The third-order valence-electron chi connectivity index (χ3n) is 6.90. The lowest BCUT2D eigenvalue weighted by Crippen LogP contribution is -2.45. The van der Waals surface area contributed by atoms with Crippen LogP contribution < -0.4 is 18.9 Å². The van der Waals surface area contributed by atoms with E-state index in [4.69, 9.17) is 43.9 Å². The number of ketones is 1. The van der Waals surface area contributed by atoms with Crippen molar-refractivity contribution in [3.05, 3.63) is 89.3 Å². The minimum Gasteiger partial charge on any atom is -0.497 e. The number of methoxy groups -OCH3 is 4. The second kappa shape index (κ2) is 21.0. The van der Waals surface area contributed by atoms with Crippen LogP contribution in [0.15, 0.2) is 71.3 Å². The van der Waals surface area contributed by atoms with E-state index in [9.17, 15) is 24.0 Å². The fourth-order valence-corrected chi connectivity index (χ4v) is 4.52. The SMILES string of the molecule is COc1ccc(C(=O)c2cc(CN3CCN(Cc4ccc(OC)c(OC)c4OC)CC3)on2)cc1.O=C(O)/C=C\C(=O)O.O=C(O)/C=C\C(=O)O. The standard InChI is InChI=1S/C26H31N3O6.2C4H4O4/c1-31-20-8-5-18(6-9-20)24(30)22-15-21(35-27-22)17-29-13-11-28(12-14-29)16-19-7-10-23(32-2)26(34-4)25(19)33-3;2*5-3(6)1-2-4(7)8/h5-10,15H,11-14,16-17H2,1-4H3;2*1-2H,(H,5,6)(H,7,8)/b;2*2-1-. The summed E-state index contributed by atoms with van der Waals surface area (Å²) in [7, 11) is 6.46. The van der Waals surface area contributed by atoms with Crippen molar-refractivity contribution in [3.63, 3.8) is 0 Å². The predicted octanol–water partition coefficient (Wildman–Crippen LogP) is 2.68. The lowest BCUT2D eigenvalue weighted by atomic mass is 10.1. The highest BCUT2D eigenvalue weighted by Gasteiger charge is 2.23. The Morgan fingerprint density at radius 3 is 1.59 bits per heavy atom. The number of ether oxygens (including phenoxy) is 4. The molecule has 4 rings (SSSR count). The van der Waals surface area contributed by atoms with Crippen molar-refractivity contribution in [2.24, 2.45) is 0 Å². The van der Waals surface area contributed by atoms with Gasteiger partial charge in [-0.15, -0.1) is 0 Å². The number of aliphatic carboxylic acids is 4. The summed E-state index contributed by atoms with van der Waals surface area (Å²) in [5.41, 5.74) is 1.91. The van der Waals surface area contributed by atoms with E-state index < -0.39 is 23.9 Å². The van der Waals surface area contributed by atoms with E-state index in [1.807, 2.05) is 12.1 Å². The average Bonchev–Trinajstić information content (AvgIpc) is 3.59. The molecule has 3 aromatic rings. The number of carboxylic acids is 4. The highest BCUT2D eigenvalue weighted by molar-refractivity contribution is 6.07. The number of carboxylic acid groups (broad SMARTS) is 4. The molecule has 2 heterocycles. The molecule has 0 radical (unpaired) electrons. The van der Waals surface area contributed by atoms with Crippen molar-refractivity contribution in [2.75, 3.05) is 54.6 Å². The van der Waals surface area contributed by atoms with Crippen molar-refractivity contribution < 1.29 is 67.9 Å². The number of piperazine rings is 1. The van der Waals surface area contributed by atoms with E-state index in [0.717, 1.165) is 38.3 Å². The van der Waals surface area contributed by atoms with Gasteiger partial charge in [0.15, 0.2) is 23.0 Å².